The highest BCUT2D eigenvalue weighted by Gasteiger charge is 2.41. The second-order valence-electron chi connectivity index (χ2n) is 8.27. The van der Waals surface area contributed by atoms with Crippen LogP contribution in [0.15, 0.2) is 30.3 Å². The van der Waals surface area contributed by atoms with Gasteiger partial charge in [-0.3, -0.25) is 9.69 Å². The Morgan fingerprint density at radius 2 is 1.65 bits per heavy atom. The molecule has 2 atom stereocenters. The lowest BCUT2D eigenvalue weighted by Gasteiger charge is -2.39. The molecule has 1 saturated heterocycles. The monoisotopic (exact) mass is 421 g/mol. The average Bonchev–Trinajstić information content (AvgIpc) is 3.26. The van der Waals surface area contributed by atoms with Gasteiger partial charge in [0.25, 0.3) is 0 Å². The number of benzene rings is 3. The first-order valence-corrected chi connectivity index (χ1v) is 10.6. The molecule has 2 aliphatic heterocycles. The number of carbonyl (C=O) groups is 1. The lowest BCUT2D eigenvalue weighted by molar-refractivity contribution is -0.150. The van der Waals surface area contributed by atoms with Crippen molar-refractivity contribution in [3.8, 4) is 17.2 Å². The first-order valence-electron chi connectivity index (χ1n) is 10.6. The van der Waals surface area contributed by atoms with Crippen LogP contribution in [0.2, 0.25) is 0 Å². The highest BCUT2D eigenvalue weighted by atomic mass is 16.5. The van der Waals surface area contributed by atoms with Crippen molar-refractivity contribution in [2.45, 2.75) is 38.5 Å². The summed E-state index contributed by atoms with van der Waals surface area (Å²) in [7, 11) is 4.97. The quantitative estimate of drug-likeness (QED) is 0.453. The summed E-state index contributed by atoms with van der Waals surface area (Å²) in [4.78, 5) is 14.5. The van der Waals surface area contributed by atoms with Gasteiger partial charge in [0.05, 0.1) is 27.4 Å². The second-order valence-corrected chi connectivity index (χ2v) is 8.27. The zero-order chi connectivity index (χ0) is 21.7. The zero-order valence-electron chi connectivity index (χ0n) is 18.4. The van der Waals surface area contributed by atoms with Gasteiger partial charge in [0.15, 0.2) is 11.5 Å². The van der Waals surface area contributed by atoms with Gasteiger partial charge in [-0.25, -0.2) is 0 Å². The van der Waals surface area contributed by atoms with Crippen molar-refractivity contribution in [2.24, 2.45) is 0 Å². The first kappa shape index (κ1) is 19.9. The van der Waals surface area contributed by atoms with Crippen LogP contribution in [0.25, 0.3) is 21.5 Å². The molecule has 0 N–H and O–H groups in total. The number of fused-ring (bicyclic) bond motifs is 7. The molecule has 3 aromatic rings. The standard InChI is InChI=1S/C25H27NO5/c1-14(27)31-25-21-6-5-9-26(21)13-20-19-12-23(30-4)22(29-3)11-18(19)17-10-15(28-2)7-8-16(17)24(20)25/h7-8,10-12,21,25H,5-6,9,13H2,1-4H3/t21-,25+/m0/s1. The smallest absolute Gasteiger partial charge is 0.303 e. The molecule has 0 bridgehead atoms. The number of hydrogen-bond donors (Lipinski definition) is 0. The van der Waals surface area contributed by atoms with Gasteiger partial charge in [0, 0.05) is 19.0 Å². The Balaban J connectivity index is 1.90. The van der Waals surface area contributed by atoms with Crippen LogP contribution < -0.4 is 14.2 Å². The highest BCUT2D eigenvalue weighted by molar-refractivity contribution is 6.12. The Kier molecular flexibility index (Phi) is 4.89. The summed E-state index contributed by atoms with van der Waals surface area (Å²) in [5, 5.41) is 4.31. The van der Waals surface area contributed by atoms with Crippen molar-refractivity contribution in [3.05, 3.63) is 41.5 Å². The fourth-order valence-corrected chi connectivity index (χ4v) is 5.37. The van der Waals surface area contributed by atoms with Crippen LogP contribution in [-0.4, -0.2) is 44.8 Å². The van der Waals surface area contributed by atoms with Crippen LogP contribution in [0.3, 0.4) is 0 Å². The third-order valence-electron chi connectivity index (χ3n) is 6.68. The summed E-state index contributed by atoms with van der Waals surface area (Å²) >= 11 is 0. The molecular weight excluding hydrogens is 394 g/mol. The average molecular weight is 421 g/mol. The van der Waals surface area contributed by atoms with Gasteiger partial charge in [0.1, 0.15) is 11.9 Å². The van der Waals surface area contributed by atoms with E-state index >= 15 is 0 Å². The first-order chi connectivity index (χ1) is 15.0. The fourth-order valence-electron chi connectivity index (χ4n) is 5.37. The van der Waals surface area contributed by atoms with Crippen molar-refractivity contribution in [1.29, 1.82) is 0 Å². The maximum Gasteiger partial charge on any atom is 0.303 e. The number of rotatable bonds is 4. The molecule has 0 aliphatic carbocycles. The Labute approximate surface area is 181 Å². The van der Waals surface area contributed by atoms with E-state index in [4.69, 9.17) is 18.9 Å². The Hall–Kier alpha value is -2.99. The predicted molar refractivity (Wildman–Crippen MR) is 119 cm³/mol. The van der Waals surface area contributed by atoms with Gasteiger partial charge in [0.2, 0.25) is 0 Å². The molecule has 0 aromatic heterocycles. The lowest BCUT2D eigenvalue weighted by atomic mass is 9.83. The van der Waals surface area contributed by atoms with Crippen molar-refractivity contribution >= 4 is 27.5 Å². The second kappa shape index (κ2) is 7.61. The lowest BCUT2D eigenvalue weighted by Crippen LogP contribution is -2.40. The highest BCUT2D eigenvalue weighted by Crippen LogP contribution is 2.48. The maximum absolute atomic E-state index is 12.1. The van der Waals surface area contributed by atoms with Crippen molar-refractivity contribution in [1.82, 2.24) is 4.90 Å². The van der Waals surface area contributed by atoms with Crippen LogP contribution in [0.1, 0.15) is 37.0 Å². The van der Waals surface area contributed by atoms with Gasteiger partial charge in [-0.05, 0) is 70.8 Å². The topological polar surface area (TPSA) is 57.2 Å². The van der Waals surface area contributed by atoms with Crippen LogP contribution in [-0.2, 0) is 16.1 Å². The normalized spacial score (nSPS) is 20.4. The van der Waals surface area contributed by atoms with E-state index in [2.05, 4.69) is 17.0 Å². The molecule has 162 valence electrons. The number of esters is 1. The molecule has 3 aromatic carbocycles. The molecule has 0 radical (unpaired) electrons. The van der Waals surface area contributed by atoms with Crippen LogP contribution in [0.5, 0.6) is 17.2 Å². The summed E-state index contributed by atoms with van der Waals surface area (Å²) in [6.07, 6.45) is 1.84. The Morgan fingerprint density at radius 1 is 0.935 bits per heavy atom. The number of hydrogen-bond acceptors (Lipinski definition) is 6. The van der Waals surface area contributed by atoms with Crippen LogP contribution in [0, 0.1) is 0 Å². The Morgan fingerprint density at radius 3 is 2.32 bits per heavy atom. The van der Waals surface area contributed by atoms with E-state index in [1.807, 2.05) is 18.2 Å². The molecule has 31 heavy (non-hydrogen) atoms. The maximum atomic E-state index is 12.1. The largest absolute Gasteiger partial charge is 0.497 e. The molecule has 5 rings (SSSR count). The third kappa shape index (κ3) is 3.08. The number of methoxy groups -OCH3 is 3. The molecular formula is C25H27NO5. The summed E-state index contributed by atoms with van der Waals surface area (Å²) in [6.45, 7) is 3.33. The summed E-state index contributed by atoms with van der Waals surface area (Å²) < 4.78 is 22.7. The summed E-state index contributed by atoms with van der Waals surface area (Å²) in [5.41, 5.74) is 2.30. The molecule has 0 spiro atoms. The predicted octanol–water partition coefficient (Wildman–Crippen LogP) is 4.60. The fraction of sp³-hybridized carbons (Fsp3) is 0.400. The molecule has 0 amide bonds. The van der Waals surface area contributed by atoms with Gasteiger partial charge >= 0.3 is 5.97 Å². The Bertz CT molecular complexity index is 1190. The molecule has 0 saturated carbocycles. The minimum atomic E-state index is -0.294. The summed E-state index contributed by atoms with van der Waals surface area (Å²) in [5.74, 6) is 1.90. The van der Waals surface area contributed by atoms with E-state index in [1.54, 1.807) is 21.3 Å². The third-order valence-corrected chi connectivity index (χ3v) is 6.68. The molecule has 1 fully saturated rings. The number of ether oxygens (including phenoxy) is 4. The van der Waals surface area contributed by atoms with Crippen LogP contribution in [0.4, 0.5) is 0 Å². The molecule has 2 heterocycles. The van der Waals surface area contributed by atoms with Crippen LogP contribution >= 0.6 is 0 Å². The minimum absolute atomic E-state index is 0.208. The van der Waals surface area contributed by atoms with Crippen molar-refractivity contribution < 1.29 is 23.7 Å². The van der Waals surface area contributed by atoms with E-state index in [1.165, 1.54) is 12.5 Å². The zero-order valence-corrected chi connectivity index (χ0v) is 18.4. The van der Waals surface area contributed by atoms with E-state index in [-0.39, 0.29) is 18.1 Å². The molecule has 2 aliphatic rings. The van der Waals surface area contributed by atoms with E-state index in [0.29, 0.717) is 11.5 Å². The molecule has 0 unspecified atom stereocenters. The van der Waals surface area contributed by atoms with E-state index in [9.17, 15) is 4.79 Å². The number of carbonyl (C=O) groups excluding carboxylic acids is 1. The molecule has 6 heteroatoms. The minimum Gasteiger partial charge on any atom is -0.497 e. The van der Waals surface area contributed by atoms with Gasteiger partial charge < -0.3 is 18.9 Å². The van der Waals surface area contributed by atoms with E-state index < -0.39 is 0 Å². The van der Waals surface area contributed by atoms with Gasteiger partial charge in [-0.15, -0.1) is 0 Å². The van der Waals surface area contributed by atoms with Gasteiger partial charge in [-0.2, -0.15) is 0 Å². The van der Waals surface area contributed by atoms with Gasteiger partial charge in [-0.1, -0.05) is 6.07 Å². The van der Waals surface area contributed by atoms with E-state index in [0.717, 1.165) is 58.8 Å². The SMILES string of the molecule is COc1ccc2c3c(c4cc(OC)c(OC)cc4c2c1)CN1CCC[C@H]1[C@H]3OC(C)=O. The molecule has 6 nitrogen and oxygen atoms in total. The number of nitrogens with zero attached hydrogens (tertiary/aromatic N) is 1. The van der Waals surface area contributed by atoms with Crippen molar-refractivity contribution in [2.75, 3.05) is 27.9 Å². The summed E-state index contributed by atoms with van der Waals surface area (Å²) in [6, 6.07) is 10.4. The van der Waals surface area contributed by atoms with Crippen molar-refractivity contribution in [3.63, 3.8) is 0 Å².